The lowest BCUT2D eigenvalue weighted by molar-refractivity contribution is 0.639. The van der Waals surface area contributed by atoms with Gasteiger partial charge < -0.3 is 0 Å². The average Bonchev–Trinajstić information content (AvgIpc) is 2.41. The summed E-state index contributed by atoms with van der Waals surface area (Å²) in [4.78, 5) is 0. The zero-order chi connectivity index (χ0) is 8.72. The first-order chi connectivity index (χ1) is 5.68. The first kappa shape index (κ1) is 7.28. The van der Waals surface area contributed by atoms with Crippen LogP contribution in [-0.2, 0) is 7.05 Å². The number of nitrogens with zero attached hydrogens (tertiary/aromatic N) is 2. The van der Waals surface area contributed by atoms with Gasteiger partial charge in [0, 0.05) is 13.2 Å². The quantitative estimate of drug-likeness (QED) is 0.582. The standard InChI is InChI=1S/C9H9FN2/c1-6-3-4-8(10)7-5-12(2)11-9(6)7/h3-5H,1-2H3. The van der Waals surface area contributed by atoms with Crippen LogP contribution in [-0.4, -0.2) is 9.78 Å². The van der Waals surface area contributed by atoms with Gasteiger partial charge in [-0.25, -0.2) is 4.39 Å². The minimum atomic E-state index is -0.205. The molecule has 3 heteroatoms. The van der Waals surface area contributed by atoms with Gasteiger partial charge in [0.25, 0.3) is 0 Å². The zero-order valence-corrected chi connectivity index (χ0v) is 7.00. The van der Waals surface area contributed by atoms with Crippen LogP contribution in [0.3, 0.4) is 0 Å². The Bertz CT molecular complexity index is 392. The maximum absolute atomic E-state index is 13.1. The molecular formula is C9H9FN2. The Labute approximate surface area is 69.6 Å². The molecule has 0 spiro atoms. The minimum absolute atomic E-state index is 0.205. The van der Waals surface area contributed by atoms with Crippen LogP contribution >= 0.6 is 0 Å². The first-order valence-corrected chi connectivity index (χ1v) is 3.77. The van der Waals surface area contributed by atoms with E-state index in [0.29, 0.717) is 5.39 Å². The summed E-state index contributed by atoms with van der Waals surface area (Å²) in [5.41, 5.74) is 1.75. The van der Waals surface area contributed by atoms with Gasteiger partial charge >= 0.3 is 0 Å². The summed E-state index contributed by atoms with van der Waals surface area (Å²) in [6.45, 7) is 1.93. The summed E-state index contributed by atoms with van der Waals surface area (Å²) in [7, 11) is 1.79. The van der Waals surface area contributed by atoms with Crippen LogP contribution in [0.15, 0.2) is 18.3 Å². The van der Waals surface area contributed by atoms with E-state index >= 15 is 0 Å². The van der Waals surface area contributed by atoms with Crippen molar-refractivity contribution in [3.63, 3.8) is 0 Å². The van der Waals surface area contributed by atoms with Gasteiger partial charge in [-0.3, -0.25) is 4.68 Å². The Morgan fingerprint density at radius 2 is 2.17 bits per heavy atom. The van der Waals surface area contributed by atoms with Gasteiger partial charge in [-0.1, -0.05) is 6.07 Å². The van der Waals surface area contributed by atoms with Crippen LogP contribution in [0.1, 0.15) is 5.56 Å². The molecule has 0 bridgehead atoms. The van der Waals surface area contributed by atoms with Gasteiger partial charge in [-0.05, 0) is 18.6 Å². The molecule has 0 saturated carbocycles. The van der Waals surface area contributed by atoms with E-state index in [1.807, 2.05) is 6.92 Å². The van der Waals surface area contributed by atoms with Crippen molar-refractivity contribution in [2.45, 2.75) is 6.92 Å². The van der Waals surface area contributed by atoms with E-state index < -0.39 is 0 Å². The molecule has 62 valence electrons. The number of aromatic nitrogens is 2. The summed E-state index contributed by atoms with van der Waals surface area (Å²) >= 11 is 0. The highest BCUT2D eigenvalue weighted by atomic mass is 19.1. The fraction of sp³-hybridized carbons (Fsp3) is 0.222. The van der Waals surface area contributed by atoms with E-state index in [0.717, 1.165) is 11.1 Å². The smallest absolute Gasteiger partial charge is 0.134 e. The molecule has 0 amide bonds. The van der Waals surface area contributed by atoms with E-state index in [-0.39, 0.29) is 5.82 Å². The fourth-order valence-electron chi connectivity index (χ4n) is 1.32. The Hall–Kier alpha value is -1.38. The fourth-order valence-corrected chi connectivity index (χ4v) is 1.32. The van der Waals surface area contributed by atoms with Gasteiger partial charge in [-0.15, -0.1) is 0 Å². The molecule has 0 fully saturated rings. The second-order valence-corrected chi connectivity index (χ2v) is 2.93. The van der Waals surface area contributed by atoms with E-state index in [2.05, 4.69) is 5.10 Å². The van der Waals surface area contributed by atoms with Crippen LogP contribution in [0.5, 0.6) is 0 Å². The number of aryl methyl sites for hydroxylation is 2. The van der Waals surface area contributed by atoms with Crippen molar-refractivity contribution in [3.05, 3.63) is 29.7 Å². The van der Waals surface area contributed by atoms with Crippen molar-refractivity contribution in [1.29, 1.82) is 0 Å². The molecule has 12 heavy (non-hydrogen) atoms. The number of halogens is 1. The van der Waals surface area contributed by atoms with Crippen molar-refractivity contribution in [2.24, 2.45) is 7.05 Å². The van der Waals surface area contributed by atoms with Gasteiger partial charge in [0.05, 0.1) is 10.9 Å². The zero-order valence-electron chi connectivity index (χ0n) is 7.00. The third kappa shape index (κ3) is 0.897. The van der Waals surface area contributed by atoms with Crippen molar-refractivity contribution in [2.75, 3.05) is 0 Å². The van der Waals surface area contributed by atoms with Crippen LogP contribution < -0.4 is 0 Å². The second kappa shape index (κ2) is 2.30. The highest BCUT2D eigenvalue weighted by Gasteiger charge is 2.05. The lowest BCUT2D eigenvalue weighted by Crippen LogP contribution is -1.85. The SMILES string of the molecule is Cc1ccc(F)c2cn(C)nc12. The normalized spacial score (nSPS) is 10.9. The number of hydrogen-bond acceptors (Lipinski definition) is 1. The molecule has 2 nitrogen and oxygen atoms in total. The highest BCUT2D eigenvalue weighted by Crippen LogP contribution is 2.18. The summed E-state index contributed by atoms with van der Waals surface area (Å²) in [5, 5.41) is 4.75. The van der Waals surface area contributed by atoms with Gasteiger partial charge in [-0.2, -0.15) is 5.10 Å². The lowest BCUT2D eigenvalue weighted by Gasteiger charge is -1.93. The molecule has 0 atom stereocenters. The summed E-state index contributed by atoms with van der Waals surface area (Å²) in [6, 6.07) is 3.21. The molecule has 1 aromatic heterocycles. The van der Waals surface area contributed by atoms with Crippen LogP contribution in [0.25, 0.3) is 10.9 Å². The predicted octanol–water partition coefficient (Wildman–Crippen LogP) is 2.02. The molecule has 0 unspecified atom stereocenters. The largest absolute Gasteiger partial charge is 0.274 e. The molecule has 0 radical (unpaired) electrons. The Morgan fingerprint density at radius 1 is 1.42 bits per heavy atom. The molecule has 0 aliphatic rings. The van der Waals surface area contributed by atoms with Gasteiger partial charge in [0.15, 0.2) is 0 Å². The maximum Gasteiger partial charge on any atom is 0.134 e. The van der Waals surface area contributed by atoms with E-state index in [4.69, 9.17) is 0 Å². The molecule has 1 aromatic carbocycles. The number of fused-ring (bicyclic) bond motifs is 1. The molecule has 0 N–H and O–H groups in total. The monoisotopic (exact) mass is 164 g/mol. The van der Waals surface area contributed by atoms with E-state index in [1.165, 1.54) is 6.07 Å². The summed E-state index contributed by atoms with van der Waals surface area (Å²) < 4.78 is 14.8. The average molecular weight is 164 g/mol. The topological polar surface area (TPSA) is 17.8 Å². The molecule has 0 aliphatic heterocycles. The van der Waals surface area contributed by atoms with Crippen LogP contribution in [0.4, 0.5) is 4.39 Å². The highest BCUT2D eigenvalue weighted by molar-refractivity contribution is 5.81. The van der Waals surface area contributed by atoms with E-state index in [9.17, 15) is 4.39 Å². The number of hydrogen-bond donors (Lipinski definition) is 0. The Kier molecular flexibility index (Phi) is 1.40. The van der Waals surface area contributed by atoms with Gasteiger partial charge in [0.2, 0.25) is 0 Å². The van der Waals surface area contributed by atoms with Crippen molar-refractivity contribution >= 4 is 10.9 Å². The molecular weight excluding hydrogens is 155 g/mol. The maximum atomic E-state index is 13.1. The molecule has 2 aromatic rings. The van der Waals surface area contributed by atoms with Crippen LogP contribution in [0.2, 0.25) is 0 Å². The summed E-state index contributed by atoms with van der Waals surface area (Å²) in [6.07, 6.45) is 1.69. The second-order valence-electron chi connectivity index (χ2n) is 2.93. The van der Waals surface area contributed by atoms with Crippen molar-refractivity contribution in [1.82, 2.24) is 9.78 Å². The van der Waals surface area contributed by atoms with Crippen molar-refractivity contribution < 1.29 is 4.39 Å². The first-order valence-electron chi connectivity index (χ1n) is 3.77. The molecule has 2 rings (SSSR count). The Morgan fingerprint density at radius 3 is 2.83 bits per heavy atom. The third-order valence-electron chi connectivity index (χ3n) is 1.94. The van der Waals surface area contributed by atoms with Gasteiger partial charge in [0.1, 0.15) is 5.82 Å². The molecule has 1 heterocycles. The van der Waals surface area contributed by atoms with Crippen molar-refractivity contribution in [3.8, 4) is 0 Å². The lowest BCUT2D eigenvalue weighted by atomic mass is 10.2. The summed E-state index contributed by atoms with van der Waals surface area (Å²) in [5.74, 6) is -0.205. The molecule has 0 aliphatic carbocycles. The third-order valence-corrected chi connectivity index (χ3v) is 1.94. The van der Waals surface area contributed by atoms with E-state index in [1.54, 1.807) is 24.0 Å². The minimum Gasteiger partial charge on any atom is -0.274 e. The predicted molar refractivity (Wildman–Crippen MR) is 45.4 cm³/mol. The number of rotatable bonds is 0. The molecule has 0 saturated heterocycles. The number of benzene rings is 1. The van der Waals surface area contributed by atoms with Crippen LogP contribution in [0, 0.1) is 12.7 Å². The Balaban J connectivity index is 2.93.